The summed E-state index contributed by atoms with van der Waals surface area (Å²) >= 11 is 7.53. The van der Waals surface area contributed by atoms with Gasteiger partial charge < -0.3 is 10.1 Å². The molecule has 0 saturated carbocycles. The Morgan fingerprint density at radius 1 is 1.17 bits per heavy atom. The van der Waals surface area contributed by atoms with E-state index in [-0.39, 0.29) is 5.91 Å². The maximum Gasteiger partial charge on any atom is 0.260 e. The van der Waals surface area contributed by atoms with Crippen LogP contribution in [0, 0.1) is 6.92 Å². The van der Waals surface area contributed by atoms with Crippen molar-refractivity contribution < 1.29 is 9.53 Å². The average Bonchev–Trinajstić information content (AvgIpc) is 3.17. The highest BCUT2D eigenvalue weighted by Crippen LogP contribution is 2.28. The highest BCUT2D eigenvalue weighted by molar-refractivity contribution is 7.13. The molecule has 0 saturated heterocycles. The number of nitrogens with zero attached hydrogens (tertiary/aromatic N) is 1. The molecule has 3 rings (SSSR count). The third-order valence-electron chi connectivity index (χ3n) is 4.79. The second-order valence-corrected chi connectivity index (χ2v) is 8.94. The van der Waals surface area contributed by atoms with Crippen LogP contribution < -0.4 is 10.1 Å². The molecule has 0 radical (unpaired) electrons. The Labute approximate surface area is 187 Å². The van der Waals surface area contributed by atoms with Gasteiger partial charge in [-0.05, 0) is 49.1 Å². The summed E-state index contributed by atoms with van der Waals surface area (Å²) in [4.78, 5) is 17.1. The summed E-state index contributed by atoms with van der Waals surface area (Å²) < 4.78 is 5.99. The Morgan fingerprint density at radius 3 is 2.60 bits per heavy atom. The standard InChI is InChI=1S/C24H27ClN2O2S/c1-15(2)21-10-5-16(3)13-22(21)29-17(4)23(28)26-12-11-20-14-30-24(27-20)18-6-8-19(25)9-7-18/h5-10,13-15,17H,11-12H2,1-4H3,(H,26,28)/t17-/m0/s1. The van der Waals surface area contributed by atoms with Gasteiger partial charge in [0.2, 0.25) is 0 Å². The van der Waals surface area contributed by atoms with E-state index in [1.807, 2.05) is 42.6 Å². The monoisotopic (exact) mass is 442 g/mol. The van der Waals surface area contributed by atoms with E-state index in [1.54, 1.807) is 18.3 Å². The van der Waals surface area contributed by atoms with Gasteiger partial charge in [-0.2, -0.15) is 0 Å². The van der Waals surface area contributed by atoms with E-state index >= 15 is 0 Å². The molecule has 0 aliphatic heterocycles. The third kappa shape index (κ3) is 5.83. The van der Waals surface area contributed by atoms with Crippen LogP contribution in [0.15, 0.2) is 47.8 Å². The molecule has 4 nitrogen and oxygen atoms in total. The Morgan fingerprint density at radius 2 is 1.90 bits per heavy atom. The van der Waals surface area contributed by atoms with Crippen molar-refractivity contribution in [2.75, 3.05) is 6.54 Å². The fourth-order valence-corrected chi connectivity index (χ4v) is 4.06. The molecule has 0 fully saturated rings. The molecule has 1 heterocycles. The van der Waals surface area contributed by atoms with E-state index in [2.05, 4.69) is 36.3 Å². The molecule has 0 spiro atoms. The van der Waals surface area contributed by atoms with Crippen LogP contribution in [0.25, 0.3) is 10.6 Å². The first-order valence-electron chi connectivity index (χ1n) is 10.1. The molecule has 30 heavy (non-hydrogen) atoms. The summed E-state index contributed by atoms with van der Waals surface area (Å²) in [6, 6.07) is 13.8. The molecule has 1 aromatic heterocycles. The van der Waals surface area contributed by atoms with Gasteiger partial charge in [-0.1, -0.05) is 49.7 Å². The fraction of sp³-hybridized carbons (Fsp3) is 0.333. The predicted octanol–water partition coefficient (Wildman–Crippen LogP) is 6.02. The molecule has 2 aromatic carbocycles. The Kier molecular flexibility index (Phi) is 7.51. The van der Waals surface area contributed by atoms with Crippen molar-refractivity contribution >= 4 is 28.8 Å². The maximum atomic E-state index is 12.5. The highest BCUT2D eigenvalue weighted by atomic mass is 35.5. The van der Waals surface area contributed by atoms with Gasteiger partial charge in [0.05, 0.1) is 5.69 Å². The fourth-order valence-electron chi connectivity index (χ4n) is 3.07. The Bertz CT molecular complexity index is 999. The second kappa shape index (κ2) is 10.1. The quantitative estimate of drug-likeness (QED) is 0.464. The number of hydrogen-bond donors (Lipinski definition) is 1. The number of nitrogens with one attached hydrogen (secondary N) is 1. The van der Waals surface area contributed by atoms with Gasteiger partial charge in [0.25, 0.3) is 5.91 Å². The van der Waals surface area contributed by atoms with E-state index in [9.17, 15) is 4.79 Å². The van der Waals surface area contributed by atoms with E-state index < -0.39 is 6.10 Å². The van der Waals surface area contributed by atoms with Crippen LogP contribution in [0.5, 0.6) is 5.75 Å². The molecule has 1 atom stereocenters. The van der Waals surface area contributed by atoms with E-state index in [1.165, 1.54) is 0 Å². The number of amides is 1. The number of aromatic nitrogens is 1. The second-order valence-electron chi connectivity index (χ2n) is 7.65. The zero-order valence-corrected chi connectivity index (χ0v) is 19.3. The van der Waals surface area contributed by atoms with Gasteiger partial charge in [0.15, 0.2) is 6.10 Å². The number of rotatable bonds is 8. The van der Waals surface area contributed by atoms with Crippen LogP contribution in [0.4, 0.5) is 0 Å². The summed E-state index contributed by atoms with van der Waals surface area (Å²) in [6.45, 7) is 8.56. The molecule has 0 bridgehead atoms. The summed E-state index contributed by atoms with van der Waals surface area (Å²) in [5.41, 5.74) is 4.22. The van der Waals surface area contributed by atoms with Crippen LogP contribution >= 0.6 is 22.9 Å². The lowest BCUT2D eigenvalue weighted by molar-refractivity contribution is -0.127. The predicted molar refractivity (Wildman–Crippen MR) is 125 cm³/mol. The number of benzene rings is 2. The van der Waals surface area contributed by atoms with Crippen molar-refractivity contribution in [3.63, 3.8) is 0 Å². The van der Waals surface area contributed by atoms with Gasteiger partial charge in [-0.3, -0.25) is 4.79 Å². The normalized spacial score (nSPS) is 12.1. The van der Waals surface area contributed by atoms with Crippen LogP contribution in [0.2, 0.25) is 5.02 Å². The number of carbonyl (C=O) groups is 1. The molecule has 0 unspecified atom stereocenters. The van der Waals surface area contributed by atoms with E-state index in [0.717, 1.165) is 33.1 Å². The van der Waals surface area contributed by atoms with Crippen molar-refractivity contribution in [3.8, 4) is 16.3 Å². The van der Waals surface area contributed by atoms with Gasteiger partial charge in [0.1, 0.15) is 10.8 Å². The van der Waals surface area contributed by atoms with Crippen molar-refractivity contribution in [1.82, 2.24) is 10.3 Å². The molecular weight excluding hydrogens is 416 g/mol. The summed E-state index contributed by atoms with van der Waals surface area (Å²) in [6.07, 6.45) is 0.105. The minimum atomic E-state index is -0.565. The minimum Gasteiger partial charge on any atom is -0.481 e. The zero-order valence-electron chi connectivity index (χ0n) is 17.7. The number of hydrogen-bond acceptors (Lipinski definition) is 4. The summed E-state index contributed by atoms with van der Waals surface area (Å²) in [7, 11) is 0. The van der Waals surface area contributed by atoms with Crippen molar-refractivity contribution in [1.29, 1.82) is 0 Å². The average molecular weight is 443 g/mol. The number of thiazole rings is 1. The van der Waals surface area contributed by atoms with E-state index in [0.29, 0.717) is 23.9 Å². The first-order valence-corrected chi connectivity index (χ1v) is 11.3. The Balaban J connectivity index is 1.52. The van der Waals surface area contributed by atoms with Crippen LogP contribution in [0.3, 0.4) is 0 Å². The first-order chi connectivity index (χ1) is 14.3. The number of carbonyl (C=O) groups excluding carboxylic acids is 1. The topological polar surface area (TPSA) is 51.2 Å². The minimum absolute atomic E-state index is 0.126. The summed E-state index contributed by atoms with van der Waals surface area (Å²) in [5, 5.41) is 6.64. The van der Waals surface area contributed by atoms with Crippen molar-refractivity contribution in [3.05, 3.63) is 69.7 Å². The lowest BCUT2D eigenvalue weighted by Gasteiger charge is -2.19. The summed E-state index contributed by atoms with van der Waals surface area (Å²) in [5.74, 6) is 0.981. The highest BCUT2D eigenvalue weighted by Gasteiger charge is 2.17. The van der Waals surface area contributed by atoms with Crippen molar-refractivity contribution in [2.24, 2.45) is 0 Å². The number of ether oxygens (including phenoxy) is 1. The molecule has 6 heteroatoms. The van der Waals surface area contributed by atoms with Crippen LogP contribution in [-0.2, 0) is 11.2 Å². The number of halogens is 1. The van der Waals surface area contributed by atoms with Gasteiger partial charge in [-0.25, -0.2) is 4.98 Å². The van der Waals surface area contributed by atoms with Crippen molar-refractivity contribution in [2.45, 2.75) is 46.1 Å². The Hall–Kier alpha value is -2.37. The molecule has 158 valence electrons. The van der Waals surface area contributed by atoms with Gasteiger partial charge in [0, 0.05) is 28.9 Å². The lowest BCUT2D eigenvalue weighted by atomic mass is 10.0. The SMILES string of the molecule is Cc1ccc(C(C)C)c(O[C@@H](C)C(=O)NCCc2csc(-c3ccc(Cl)cc3)n2)c1. The largest absolute Gasteiger partial charge is 0.481 e. The molecule has 3 aromatic rings. The third-order valence-corrected chi connectivity index (χ3v) is 5.98. The van der Waals surface area contributed by atoms with Crippen LogP contribution in [-0.4, -0.2) is 23.5 Å². The van der Waals surface area contributed by atoms with Gasteiger partial charge in [-0.15, -0.1) is 11.3 Å². The van der Waals surface area contributed by atoms with Gasteiger partial charge >= 0.3 is 0 Å². The first kappa shape index (κ1) is 22.3. The molecule has 0 aliphatic carbocycles. The zero-order chi connectivity index (χ0) is 21.7. The molecule has 0 aliphatic rings. The van der Waals surface area contributed by atoms with E-state index in [4.69, 9.17) is 16.3 Å². The maximum absolute atomic E-state index is 12.5. The number of aryl methyl sites for hydroxylation is 1. The smallest absolute Gasteiger partial charge is 0.260 e. The molecular formula is C24H27ClN2O2S. The lowest BCUT2D eigenvalue weighted by Crippen LogP contribution is -2.37. The van der Waals surface area contributed by atoms with Crippen LogP contribution in [0.1, 0.15) is 43.5 Å². The molecule has 1 N–H and O–H groups in total. The molecule has 1 amide bonds.